The van der Waals surface area contributed by atoms with Crippen molar-refractivity contribution in [1.82, 2.24) is 0 Å². The summed E-state index contributed by atoms with van der Waals surface area (Å²) in [5, 5.41) is 10.7. The SMILES string of the molecule is CN(CCN)c1cccc(F)c1[N+](=O)[O-]. The number of anilines is 1. The quantitative estimate of drug-likeness (QED) is 0.601. The molecule has 0 amide bonds. The number of nitro benzene ring substituents is 1. The Kier molecular flexibility index (Phi) is 3.56. The molecular weight excluding hydrogens is 201 g/mol. The van der Waals surface area contributed by atoms with Crippen molar-refractivity contribution in [2.45, 2.75) is 0 Å². The van der Waals surface area contributed by atoms with Gasteiger partial charge in [0.2, 0.25) is 5.82 Å². The Morgan fingerprint density at radius 2 is 2.27 bits per heavy atom. The molecule has 82 valence electrons. The van der Waals surface area contributed by atoms with Gasteiger partial charge in [0.25, 0.3) is 0 Å². The van der Waals surface area contributed by atoms with E-state index in [1.807, 2.05) is 0 Å². The molecule has 0 unspecified atom stereocenters. The molecule has 0 spiro atoms. The molecule has 0 radical (unpaired) electrons. The van der Waals surface area contributed by atoms with Crippen LogP contribution in [0.2, 0.25) is 0 Å². The highest BCUT2D eigenvalue weighted by Crippen LogP contribution is 2.29. The predicted octanol–water partition coefficient (Wildman–Crippen LogP) is 1.13. The van der Waals surface area contributed by atoms with E-state index in [0.29, 0.717) is 13.1 Å². The number of nitrogens with two attached hydrogens (primary N) is 1. The summed E-state index contributed by atoms with van der Waals surface area (Å²) in [7, 11) is 1.63. The molecular formula is C9H12FN3O2. The zero-order valence-electron chi connectivity index (χ0n) is 8.31. The molecule has 0 atom stereocenters. The first-order chi connectivity index (χ1) is 7.07. The first kappa shape index (κ1) is 11.4. The van der Waals surface area contributed by atoms with Gasteiger partial charge < -0.3 is 10.6 Å². The minimum atomic E-state index is -0.832. The second kappa shape index (κ2) is 4.70. The van der Waals surface area contributed by atoms with Gasteiger partial charge in [-0.05, 0) is 12.1 Å². The zero-order chi connectivity index (χ0) is 11.4. The van der Waals surface area contributed by atoms with Gasteiger partial charge in [0.1, 0.15) is 5.69 Å². The molecule has 15 heavy (non-hydrogen) atoms. The van der Waals surface area contributed by atoms with Gasteiger partial charge in [-0.1, -0.05) is 6.07 Å². The molecule has 0 saturated carbocycles. The molecule has 0 aliphatic rings. The molecule has 0 saturated heterocycles. The van der Waals surface area contributed by atoms with Crippen molar-refractivity contribution in [3.8, 4) is 0 Å². The lowest BCUT2D eigenvalue weighted by Crippen LogP contribution is -2.25. The van der Waals surface area contributed by atoms with E-state index < -0.39 is 16.4 Å². The monoisotopic (exact) mass is 213 g/mol. The minimum Gasteiger partial charge on any atom is -0.368 e. The largest absolute Gasteiger partial charge is 0.368 e. The molecule has 1 aromatic carbocycles. The number of para-hydroxylation sites is 1. The number of rotatable bonds is 4. The highest BCUT2D eigenvalue weighted by atomic mass is 19.1. The lowest BCUT2D eigenvalue weighted by molar-refractivity contribution is -0.386. The summed E-state index contributed by atoms with van der Waals surface area (Å²) in [4.78, 5) is 11.5. The molecule has 1 rings (SSSR count). The van der Waals surface area contributed by atoms with Gasteiger partial charge in [0, 0.05) is 20.1 Å². The van der Waals surface area contributed by atoms with Crippen molar-refractivity contribution in [3.05, 3.63) is 34.1 Å². The molecule has 0 bridgehead atoms. The van der Waals surface area contributed by atoms with Gasteiger partial charge in [-0.25, -0.2) is 0 Å². The Morgan fingerprint density at radius 3 is 2.80 bits per heavy atom. The van der Waals surface area contributed by atoms with Gasteiger partial charge in [0.05, 0.1) is 4.92 Å². The fourth-order valence-corrected chi connectivity index (χ4v) is 1.31. The van der Waals surface area contributed by atoms with Crippen molar-refractivity contribution >= 4 is 11.4 Å². The molecule has 2 N–H and O–H groups in total. The number of likely N-dealkylation sites (N-methyl/N-ethyl adjacent to an activating group) is 1. The van der Waals surface area contributed by atoms with E-state index in [0.717, 1.165) is 6.07 Å². The van der Waals surface area contributed by atoms with Crippen molar-refractivity contribution in [3.63, 3.8) is 0 Å². The van der Waals surface area contributed by atoms with Crippen LogP contribution < -0.4 is 10.6 Å². The fraction of sp³-hybridized carbons (Fsp3) is 0.333. The van der Waals surface area contributed by atoms with Crippen molar-refractivity contribution in [2.75, 3.05) is 25.0 Å². The molecule has 1 aromatic rings. The van der Waals surface area contributed by atoms with Crippen LogP contribution in [0.4, 0.5) is 15.8 Å². The number of halogens is 1. The van der Waals surface area contributed by atoms with E-state index >= 15 is 0 Å². The summed E-state index contributed by atoms with van der Waals surface area (Å²) >= 11 is 0. The molecule has 0 aliphatic carbocycles. The predicted molar refractivity (Wildman–Crippen MR) is 55.4 cm³/mol. The van der Waals surface area contributed by atoms with Crippen LogP contribution in [-0.2, 0) is 0 Å². The summed E-state index contributed by atoms with van der Waals surface area (Å²) in [6.45, 7) is 0.786. The summed E-state index contributed by atoms with van der Waals surface area (Å²) in [5.41, 5.74) is 5.06. The van der Waals surface area contributed by atoms with Gasteiger partial charge in [-0.3, -0.25) is 10.1 Å². The highest BCUT2D eigenvalue weighted by molar-refractivity contribution is 5.63. The van der Waals surface area contributed by atoms with Crippen LogP contribution in [0.3, 0.4) is 0 Å². The maximum Gasteiger partial charge on any atom is 0.327 e. The average molecular weight is 213 g/mol. The molecule has 0 aromatic heterocycles. The van der Waals surface area contributed by atoms with E-state index in [-0.39, 0.29) is 5.69 Å². The first-order valence-electron chi connectivity index (χ1n) is 4.42. The van der Waals surface area contributed by atoms with E-state index in [2.05, 4.69) is 0 Å². The van der Waals surface area contributed by atoms with Gasteiger partial charge in [0.15, 0.2) is 0 Å². The molecule has 0 fully saturated rings. The van der Waals surface area contributed by atoms with Gasteiger partial charge >= 0.3 is 5.69 Å². The second-order valence-corrected chi connectivity index (χ2v) is 3.07. The number of hydrogen-bond acceptors (Lipinski definition) is 4. The Balaban J connectivity index is 3.16. The molecule has 0 aliphatic heterocycles. The minimum absolute atomic E-state index is 0.241. The Morgan fingerprint density at radius 1 is 1.60 bits per heavy atom. The normalized spacial score (nSPS) is 10.1. The molecule has 6 heteroatoms. The van der Waals surface area contributed by atoms with Gasteiger partial charge in [-0.15, -0.1) is 0 Å². The van der Waals surface area contributed by atoms with Crippen LogP contribution in [-0.4, -0.2) is 25.1 Å². The smallest absolute Gasteiger partial charge is 0.327 e. The Bertz CT molecular complexity index is 370. The number of nitrogens with zero attached hydrogens (tertiary/aromatic N) is 2. The Labute approximate surface area is 86.4 Å². The number of benzene rings is 1. The molecule has 0 heterocycles. The first-order valence-corrected chi connectivity index (χ1v) is 4.42. The van der Waals surface area contributed by atoms with E-state index in [4.69, 9.17) is 5.73 Å². The highest BCUT2D eigenvalue weighted by Gasteiger charge is 2.21. The fourth-order valence-electron chi connectivity index (χ4n) is 1.31. The van der Waals surface area contributed by atoms with Crippen molar-refractivity contribution < 1.29 is 9.31 Å². The summed E-state index contributed by atoms with van der Waals surface area (Å²) in [6, 6.07) is 4.00. The van der Waals surface area contributed by atoms with Crippen LogP contribution in [0.25, 0.3) is 0 Å². The zero-order valence-corrected chi connectivity index (χ0v) is 8.31. The summed E-state index contributed by atoms with van der Waals surface area (Å²) in [6.07, 6.45) is 0. The lowest BCUT2D eigenvalue weighted by atomic mass is 10.2. The van der Waals surface area contributed by atoms with Crippen LogP contribution >= 0.6 is 0 Å². The lowest BCUT2D eigenvalue weighted by Gasteiger charge is -2.17. The van der Waals surface area contributed by atoms with Crippen LogP contribution in [0, 0.1) is 15.9 Å². The topological polar surface area (TPSA) is 72.4 Å². The van der Waals surface area contributed by atoms with E-state index in [1.54, 1.807) is 11.9 Å². The van der Waals surface area contributed by atoms with E-state index in [9.17, 15) is 14.5 Å². The second-order valence-electron chi connectivity index (χ2n) is 3.07. The van der Waals surface area contributed by atoms with E-state index in [1.165, 1.54) is 12.1 Å². The van der Waals surface area contributed by atoms with Crippen LogP contribution in [0.5, 0.6) is 0 Å². The van der Waals surface area contributed by atoms with Crippen LogP contribution in [0.15, 0.2) is 18.2 Å². The summed E-state index contributed by atoms with van der Waals surface area (Å²) in [5.74, 6) is -0.832. The number of hydrogen-bond donors (Lipinski definition) is 1. The number of nitro groups is 1. The van der Waals surface area contributed by atoms with Crippen molar-refractivity contribution in [1.29, 1.82) is 0 Å². The average Bonchev–Trinajstić information content (AvgIpc) is 2.17. The third-order valence-corrected chi connectivity index (χ3v) is 2.02. The maximum absolute atomic E-state index is 13.2. The maximum atomic E-state index is 13.2. The Hall–Kier alpha value is -1.69. The standard InChI is InChI=1S/C9H12FN3O2/c1-12(6-5-11)8-4-2-3-7(10)9(8)13(14)15/h2-4H,5-6,11H2,1H3. The van der Waals surface area contributed by atoms with Crippen molar-refractivity contribution in [2.24, 2.45) is 5.73 Å². The summed E-state index contributed by atoms with van der Waals surface area (Å²) < 4.78 is 13.2. The molecule has 5 nitrogen and oxygen atoms in total. The third-order valence-electron chi connectivity index (χ3n) is 2.02. The third kappa shape index (κ3) is 2.41. The van der Waals surface area contributed by atoms with Gasteiger partial charge in [-0.2, -0.15) is 4.39 Å². The van der Waals surface area contributed by atoms with Crippen LogP contribution in [0.1, 0.15) is 0 Å².